The minimum atomic E-state index is -0.530. The highest BCUT2D eigenvalue weighted by molar-refractivity contribution is 7.13. The molecule has 0 atom stereocenters. The molecule has 6 heteroatoms. The third-order valence-corrected chi connectivity index (χ3v) is 2.15. The first-order valence-electron chi connectivity index (χ1n) is 3.11. The molecule has 0 fully saturated rings. The van der Waals surface area contributed by atoms with Gasteiger partial charge in [-0.15, -0.1) is 0 Å². The first-order valence-corrected chi connectivity index (χ1v) is 3.99. The van der Waals surface area contributed by atoms with Gasteiger partial charge >= 0.3 is 5.00 Å². The van der Waals surface area contributed by atoms with Gasteiger partial charge in [0.05, 0.1) is 11.5 Å². The molecule has 64 valence electrons. The molecule has 0 radical (unpaired) electrons. The molecular formula is C6H6N2O3S. The molecule has 0 bridgehead atoms. The molecule has 0 aliphatic carbocycles. The fourth-order valence-electron chi connectivity index (χ4n) is 0.685. The topological polar surface area (TPSA) is 86.2 Å². The molecule has 0 aliphatic rings. The van der Waals surface area contributed by atoms with Gasteiger partial charge in [0.25, 0.3) is 0 Å². The van der Waals surface area contributed by atoms with Crippen LogP contribution in [0.15, 0.2) is 11.4 Å². The number of carbonyl (C=O) groups is 1. The van der Waals surface area contributed by atoms with Crippen molar-refractivity contribution in [2.75, 3.05) is 6.54 Å². The largest absolute Gasteiger partial charge is 0.324 e. The number of ketones is 1. The number of hydrogen-bond acceptors (Lipinski definition) is 5. The van der Waals surface area contributed by atoms with E-state index in [0.29, 0.717) is 5.56 Å². The average Bonchev–Trinajstić information content (AvgIpc) is 2.51. The zero-order valence-electron chi connectivity index (χ0n) is 6.02. The zero-order chi connectivity index (χ0) is 9.14. The lowest BCUT2D eigenvalue weighted by Gasteiger charge is -1.87. The van der Waals surface area contributed by atoms with Crippen molar-refractivity contribution < 1.29 is 9.72 Å². The van der Waals surface area contributed by atoms with Crippen molar-refractivity contribution in [1.29, 1.82) is 0 Å². The minimum Gasteiger partial charge on any atom is -0.324 e. The van der Waals surface area contributed by atoms with Crippen LogP contribution in [0.5, 0.6) is 0 Å². The fourth-order valence-corrected chi connectivity index (χ4v) is 1.41. The molecule has 0 aromatic carbocycles. The summed E-state index contributed by atoms with van der Waals surface area (Å²) in [6, 6.07) is 1.24. The van der Waals surface area contributed by atoms with Gasteiger partial charge in [0.1, 0.15) is 0 Å². The Hall–Kier alpha value is -1.27. The first-order chi connectivity index (χ1) is 5.65. The van der Waals surface area contributed by atoms with Gasteiger partial charge in [-0.05, 0) is 0 Å². The Morgan fingerprint density at radius 1 is 1.75 bits per heavy atom. The summed E-state index contributed by atoms with van der Waals surface area (Å²) in [5.74, 6) is -0.278. The zero-order valence-corrected chi connectivity index (χ0v) is 6.84. The highest BCUT2D eigenvalue weighted by atomic mass is 32.1. The summed E-state index contributed by atoms with van der Waals surface area (Å²) in [5.41, 5.74) is 5.39. The van der Waals surface area contributed by atoms with Crippen LogP contribution in [-0.2, 0) is 0 Å². The molecule has 0 saturated heterocycles. The van der Waals surface area contributed by atoms with Gasteiger partial charge in [0.15, 0.2) is 5.78 Å². The summed E-state index contributed by atoms with van der Waals surface area (Å²) < 4.78 is 0. The summed E-state index contributed by atoms with van der Waals surface area (Å²) in [7, 11) is 0. The minimum absolute atomic E-state index is 0.0354. The molecule has 1 rings (SSSR count). The van der Waals surface area contributed by atoms with Gasteiger partial charge in [-0.2, -0.15) is 0 Å². The Morgan fingerprint density at radius 2 is 2.42 bits per heavy atom. The van der Waals surface area contributed by atoms with E-state index in [1.165, 1.54) is 11.4 Å². The number of carbonyl (C=O) groups excluding carboxylic acids is 1. The monoisotopic (exact) mass is 186 g/mol. The normalized spacial score (nSPS) is 9.75. The molecule has 12 heavy (non-hydrogen) atoms. The quantitative estimate of drug-likeness (QED) is 0.429. The van der Waals surface area contributed by atoms with E-state index in [4.69, 9.17) is 5.73 Å². The maximum absolute atomic E-state index is 10.9. The van der Waals surface area contributed by atoms with Gasteiger partial charge in [-0.1, -0.05) is 11.3 Å². The van der Waals surface area contributed by atoms with E-state index < -0.39 is 4.92 Å². The van der Waals surface area contributed by atoms with Crippen molar-refractivity contribution in [3.05, 3.63) is 27.1 Å². The number of nitrogens with zero attached hydrogens (tertiary/aromatic N) is 1. The van der Waals surface area contributed by atoms with Crippen LogP contribution >= 0.6 is 11.3 Å². The number of thiophene rings is 1. The van der Waals surface area contributed by atoms with Gasteiger partial charge in [-0.25, -0.2) is 0 Å². The van der Waals surface area contributed by atoms with Crippen LogP contribution in [0.4, 0.5) is 5.00 Å². The molecule has 0 aliphatic heterocycles. The lowest BCUT2D eigenvalue weighted by molar-refractivity contribution is -0.380. The SMILES string of the molecule is NCC(=O)c1csc([N+](=O)[O-])c1. The predicted molar refractivity (Wildman–Crippen MR) is 44.4 cm³/mol. The third-order valence-electron chi connectivity index (χ3n) is 1.27. The van der Waals surface area contributed by atoms with Gasteiger partial charge < -0.3 is 5.73 Å². The summed E-state index contributed by atoms with van der Waals surface area (Å²) in [4.78, 5) is 20.6. The van der Waals surface area contributed by atoms with E-state index in [9.17, 15) is 14.9 Å². The van der Waals surface area contributed by atoms with Gasteiger partial charge in [-0.3, -0.25) is 14.9 Å². The van der Waals surface area contributed by atoms with Crippen LogP contribution in [0.25, 0.3) is 0 Å². The Balaban J connectivity index is 2.91. The molecule has 2 N–H and O–H groups in total. The van der Waals surface area contributed by atoms with Crippen molar-refractivity contribution in [2.45, 2.75) is 0 Å². The fraction of sp³-hybridized carbons (Fsp3) is 0.167. The molecule has 0 amide bonds. The first kappa shape index (κ1) is 8.82. The Kier molecular flexibility index (Phi) is 2.51. The molecule has 0 spiro atoms. The molecule has 1 aromatic rings. The van der Waals surface area contributed by atoms with E-state index in [-0.39, 0.29) is 17.3 Å². The maximum Gasteiger partial charge on any atom is 0.324 e. The smallest absolute Gasteiger partial charge is 0.324 e. The van der Waals surface area contributed by atoms with Crippen LogP contribution in [0.2, 0.25) is 0 Å². The van der Waals surface area contributed by atoms with E-state index in [2.05, 4.69) is 0 Å². The lowest BCUT2D eigenvalue weighted by Crippen LogP contribution is -2.12. The van der Waals surface area contributed by atoms with E-state index in [1.807, 2.05) is 0 Å². The molecule has 0 saturated carbocycles. The Bertz CT molecular complexity index is 320. The van der Waals surface area contributed by atoms with Crippen LogP contribution in [-0.4, -0.2) is 17.3 Å². The second-order valence-electron chi connectivity index (χ2n) is 2.06. The van der Waals surface area contributed by atoms with Crippen molar-refractivity contribution in [2.24, 2.45) is 5.73 Å². The maximum atomic E-state index is 10.9. The van der Waals surface area contributed by atoms with E-state index >= 15 is 0 Å². The van der Waals surface area contributed by atoms with Crippen LogP contribution in [0.1, 0.15) is 10.4 Å². The Morgan fingerprint density at radius 3 is 2.83 bits per heavy atom. The number of hydrogen-bond donors (Lipinski definition) is 1. The van der Waals surface area contributed by atoms with E-state index in [1.54, 1.807) is 0 Å². The number of Topliss-reactive ketones (excluding diaryl/α,β-unsaturated/α-hetero) is 1. The highest BCUT2D eigenvalue weighted by Gasteiger charge is 2.13. The second kappa shape index (κ2) is 3.42. The van der Waals surface area contributed by atoms with Crippen LogP contribution < -0.4 is 5.73 Å². The number of nitro groups is 1. The standard InChI is InChI=1S/C6H6N2O3S/c7-2-5(9)4-1-6(8(10)11)12-3-4/h1,3H,2,7H2. The molecular weight excluding hydrogens is 180 g/mol. The predicted octanol–water partition coefficient (Wildman–Crippen LogP) is 0.798. The third kappa shape index (κ3) is 1.66. The number of rotatable bonds is 3. The van der Waals surface area contributed by atoms with Crippen LogP contribution in [0, 0.1) is 10.1 Å². The second-order valence-corrected chi connectivity index (χ2v) is 2.95. The molecule has 1 aromatic heterocycles. The average molecular weight is 186 g/mol. The van der Waals surface area contributed by atoms with Crippen molar-refractivity contribution >= 4 is 22.1 Å². The molecule has 5 nitrogen and oxygen atoms in total. The van der Waals surface area contributed by atoms with Crippen molar-refractivity contribution in [3.8, 4) is 0 Å². The van der Waals surface area contributed by atoms with Gasteiger partial charge in [0, 0.05) is 17.0 Å². The summed E-state index contributed by atoms with van der Waals surface area (Å²) in [6.07, 6.45) is 0. The van der Waals surface area contributed by atoms with Crippen molar-refractivity contribution in [3.63, 3.8) is 0 Å². The van der Waals surface area contributed by atoms with Crippen LogP contribution in [0.3, 0.4) is 0 Å². The molecule has 0 unspecified atom stereocenters. The number of nitrogens with two attached hydrogens (primary N) is 1. The van der Waals surface area contributed by atoms with Gasteiger partial charge in [0.2, 0.25) is 0 Å². The summed E-state index contributed by atoms with van der Waals surface area (Å²) in [5, 5.41) is 11.6. The lowest BCUT2D eigenvalue weighted by atomic mass is 10.2. The van der Waals surface area contributed by atoms with Crippen molar-refractivity contribution in [1.82, 2.24) is 0 Å². The summed E-state index contributed by atoms with van der Waals surface area (Å²) >= 11 is 0.926. The highest BCUT2D eigenvalue weighted by Crippen LogP contribution is 2.22. The Labute approximate surface area is 72.0 Å². The van der Waals surface area contributed by atoms with E-state index in [0.717, 1.165) is 11.3 Å². The summed E-state index contributed by atoms with van der Waals surface area (Å²) in [6.45, 7) is -0.117. The molecule has 1 heterocycles.